The van der Waals surface area contributed by atoms with Crippen molar-refractivity contribution in [3.8, 4) is 0 Å². The molecule has 0 aliphatic heterocycles. The number of carbonyl (C=O) groups is 2. The maximum Gasteiger partial charge on any atom is 0.317 e. The van der Waals surface area contributed by atoms with Gasteiger partial charge in [0, 0.05) is 12.1 Å². The summed E-state index contributed by atoms with van der Waals surface area (Å²) in [5, 5.41) is 11.5. The Morgan fingerprint density at radius 2 is 1.89 bits per heavy atom. The molecule has 0 radical (unpaired) electrons. The van der Waals surface area contributed by atoms with E-state index in [-0.39, 0.29) is 5.91 Å². The number of unbranched alkanes of at least 4 members (excludes halogenated alkanes) is 1. The molecule has 0 aliphatic rings. The van der Waals surface area contributed by atoms with Crippen molar-refractivity contribution in [1.82, 2.24) is 5.32 Å². The highest BCUT2D eigenvalue weighted by molar-refractivity contribution is 9.10. The van der Waals surface area contributed by atoms with Crippen LogP contribution < -0.4 is 5.32 Å². The highest BCUT2D eigenvalue weighted by Gasteiger charge is 2.11. The second-order valence-corrected chi connectivity index (χ2v) is 5.03. The minimum absolute atomic E-state index is 0.0933. The van der Waals surface area contributed by atoms with E-state index in [1.54, 1.807) is 12.1 Å². The Hall–Kier alpha value is -1.36. The first kappa shape index (κ1) is 14.7. The van der Waals surface area contributed by atoms with Crippen LogP contribution in [0.2, 0.25) is 0 Å². The zero-order valence-corrected chi connectivity index (χ0v) is 11.5. The maximum absolute atomic E-state index is 11.6. The van der Waals surface area contributed by atoms with Gasteiger partial charge in [-0.2, -0.15) is 0 Å². The molecule has 1 atom stereocenters. The monoisotopic (exact) mass is 313 g/mol. The summed E-state index contributed by atoms with van der Waals surface area (Å²) in [5.74, 6) is -0.937. The second kappa shape index (κ2) is 7.87. The lowest BCUT2D eigenvalue weighted by Gasteiger charge is -2.06. The second-order valence-electron chi connectivity index (χ2n) is 3.92. The summed E-state index contributed by atoms with van der Waals surface area (Å²) < 4.78 is 0. The summed E-state index contributed by atoms with van der Waals surface area (Å²) in [4.78, 5) is 21.7. The quantitative estimate of drug-likeness (QED) is 0.600. The van der Waals surface area contributed by atoms with Crippen molar-refractivity contribution in [2.75, 3.05) is 6.54 Å². The number of benzene rings is 1. The van der Waals surface area contributed by atoms with Gasteiger partial charge in [0.15, 0.2) is 0 Å². The SMILES string of the molecule is O=C(NCCCC[C@H](Br)C(=O)O)c1ccccc1. The number of rotatable bonds is 7. The number of nitrogens with one attached hydrogen (secondary N) is 1. The summed E-state index contributed by atoms with van der Waals surface area (Å²) in [6.45, 7) is 0.563. The Morgan fingerprint density at radius 1 is 1.22 bits per heavy atom. The van der Waals surface area contributed by atoms with E-state index in [2.05, 4.69) is 21.2 Å². The smallest absolute Gasteiger partial charge is 0.317 e. The van der Waals surface area contributed by atoms with Crippen LogP contribution in [0.15, 0.2) is 30.3 Å². The number of amides is 1. The van der Waals surface area contributed by atoms with E-state index in [9.17, 15) is 9.59 Å². The van der Waals surface area contributed by atoms with Crippen molar-refractivity contribution in [1.29, 1.82) is 0 Å². The van der Waals surface area contributed by atoms with E-state index in [1.807, 2.05) is 18.2 Å². The lowest BCUT2D eigenvalue weighted by atomic mass is 10.2. The number of hydrogen-bond donors (Lipinski definition) is 2. The molecule has 98 valence electrons. The first-order valence-electron chi connectivity index (χ1n) is 5.81. The third kappa shape index (κ3) is 5.31. The fraction of sp³-hybridized carbons (Fsp3) is 0.385. The molecule has 5 heteroatoms. The van der Waals surface area contributed by atoms with E-state index in [4.69, 9.17) is 5.11 Å². The summed E-state index contributed by atoms with van der Waals surface area (Å²) in [5.41, 5.74) is 0.640. The van der Waals surface area contributed by atoms with Crippen molar-refractivity contribution in [2.45, 2.75) is 24.1 Å². The Balaban J connectivity index is 2.15. The van der Waals surface area contributed by atoms with Crippen LogP contribution in [-0.2, 0) is 4.79 Å². The fourth-order valence-corrected chi connectivity index (χ4v) is 1.79. The van der Waals surface area contributed by atoms with Crippen LogP contribution in [0.4, 0.5) is 0 Å². The summed E-state index contributed by atoms with van der Waals surface area (Å²) in [6.07, 6.45) is 2.10. The molecule has 2 N–H and O–H groups in total. The van der Waals surface area contributed by atoms with Crippen molar-refractivity contribution in [2.24, 2.45) is 0 Å². The zero-order chi connectivity index (χ0) is 13.4. The predicted molar refractivity (Wildman–Crippen MR) is 73.0 cm³/mol. The molecule has 0 fully saturated rings. The highest BCUT2D eigenvalue weighted by atomic mass is 79.9. The Kier molecular flexibility index (Phi) is 6.43. The van der Waals surface area contributed by atoms with Gasteiger partial charge in [0.2, 0.25) is 0 Å². The third-order valence-electron chi connectivity index (χ3n) is 2.47. The molecular weight excluding hydrogens is 298 g/mol. The van der Waals surface area contributed by atoms with Crippen LogP contribution in [0, 0.1) is 0 Å². The zero-order valence-electron chi connectivity index (χ0n) is 9.93. The van der Waals surface area contributed by atoms with Crippen LogP contribution in [0.3, 0.4) is 0 Å². The van der Waals surface area contributed by atoms with E-state index in [1.165, 1.54) is 0 Å². The molecule has 4 nitrogen and oxygen atoms in total. The molecule has 1 rings (SSSR count). The number of carboxylic acid groups (broad SMARTS) is 1. The molecule has 0 saturated carbocycles. The standard InChI is InChI=1S/C13H16BrNO3/c14-11(13(17)18)8-4-5-9-15-12(16)10-6-2-1-3-7-10/h1-3,6-7,11H,4-5,8-9H2,(H,15,16)(H,17,18)/t11-/m0/s1. The lowest BCUT2D eigenvalue weighted by molar-refractivity contribution is -0.136. The predicted octanol–water partition coefficient (Wildman–Crippen LogP) is 2.43. The van der Waals surface area contributed by atoms with Crippen molar-refractivity contribution < 1.29 is 14.7 Å². The fourth-order valence-electron chi connectivity index (χ4n) is 1.47. The van der Waals surface area contributed by atoms with Crippen molar-refractivity contribution in [3.63, 3.8) is 0 Å². The van der Waals surface area contributed by atoms with Gasteiger partial charge in [-0.25, -0.2) is 0 Å². The van der Waals surface area contributed by atoms with Crippen LogP contribution in [0.5, 0.6) is 0 Å². The van der Waals surface area contributed by atoms with Gasteiger partial charge in [0.1, 0.15) is 4.83 Å². The van der Waals surface area contributed by atoms with Crippen LogP contribution in [0.1, 0.15) is 29.6 Å². The minimum Gasteiger partial charge on any atom is -0.480 e. The van der Waals surface area contributed by atoms with Gasteiger partial charge in [-0.1, -0.05) is 34.1 Å². The molecule has 0 aliphatic carbocycles. The lowest BCUT2D eigenvalue weighted by Crippen LogP contribution is -2.24. The van der Waals surface area contributed by atoms with E-state index >= 15 is 0 Å². The highest BCUT2D eigenvalue weighted by Crippen LogP contribution is 2.09. The Bertz CT molecular complexity index is 394. The largest absolute Gasteiger partial charge is 0.480 e. The molecule has 0 saturated heterocycles. The van der Waals surface area contributed by atoms with Crippen molar-refractivity contribution >= 4 is 27.8 Å². The molecule has 0 spiro atoms. The number of carbonyl (C=O) groups excluding carboxylic acids is 1. The van der Waals surface area contributed by atoms with Crippen LogP contribution in [0.25, 0.3) is 0 Å². The van der Waals surface area contributed by atoms with Gasteiger partial charge in [-0.3, -0.25) is 9.59 Å². The summed E-state index contributed by atoms with van der Waals surface area (Å²) >= 11 is 3.07. The minimum atomic E-state index is -0.844. The first-order chi connectivity index (χ1) is 8.61. The number of aliphatic carboxylic acids is 1. The number of alkyl halides is 1. The normalized spacial score (nSPS) is 11.8. The van der Waals surface area contributed by atoms with Gasteiger partial charge in [0.25, 0.3) is 5.91 Å². The van der Waals surface area contributed by atoms with E-state index in [0.29, 0.717) is 18.5 Å². The molecule has 1 aromatic carbocycles. The van der Waals surface area contributed by atoms with Gasteiger partial charge >= 0.3 is 5.97 Å². The molecule has 18 heavy (non-hydrogen) atoms. The molecule has 0 unspecified atom stereocenters. The Morgan fingerprint density at radius 3 is 2.50 bits per heavy atom. The molecule has 0 aromatic heterocycles. The molecule has 1 aromatic rings. The number of carboxylic acids is 1. The van der Waals surface area contributed by atoms with Gasteiger partial charge in [-0.15, -0.1) is 0 Å². The summed E-state index contributed by atoms with van der Waals surface area (Å²) in [6, 6.07) is 9.01. The van der Waals surface area contributed by atoms with E-state index < -0.39 is 10.8 Å². The average Bonchev–Trinajstić information content (AvgIpc) is 2.38. The molecular formula is C13H16BrNO3. The van der Waals surface area contributed by atoms with Crippen molar-refractivity contribution in [3.05, 3.63) is 35.9 Å². The van der Waals surface area contributed by atoms with E-state index in [0.717, 1.165) is 12.8 Å². The van der Waals surface area contributed by atoms with Crippen LogP contribution in [-0.4, -0.2) is 28.4 Å². The van der Waals surface area contributed by atoms with Crippen LogP contribution >= 0.6 is 15.9 Å². The first-order valence-corrected chi connectivity index (χ1v) is 6.73. The van der Waals surface area contributed by atoms with Gasteiger partial charge < -0.3 is 10.4 Å². The van der Waals surface area contributed by atoms with Gasteiger partial charge in [0.05, 0.1) is 0 Å². The molecule has 0 bridgehead atoms. The average molecular weight is 314 g/mol. The topological polar surface area (TPSA) is 66.4 Å². The molecule has 0 heterocycles. The van der Waals surface area contributed by atoms with Gasteiger partial charge in [-0.05, 0) is 31.4 Å². The Labute approximate surface area is 115 Å². The third-order valence-corrected chi connectivity index (χ3v) is 3.32. The maximum atomic E-state index is 11.6. The number of halogens is 1. The summed E-state index contributed by atoms with van der Waals surface area (Å²) in [7, 11) is 0. The molecule has 1 amide bonds. The number of hydrogen-bond acceptors (Lipinski definition) is 2.